The third kappa shape index (κ3) is 1.46. The molecule has 1 aliphatic heterocycles. The number of carbonyl (C=O) groups excluding carboxylic acids is 2. The van der Waals surface area contributed by atoms with Crippen LogP contribution in [0.25, 0.3) is 10.9 Å². The molecule has 3 atom stereocenters. The van der Waals surface area contributed by atoms with E-state index in [0.717, 1.165) is 16.6 Å². The van der Waals surface area contributed by atoms with Gasteiger partial charge >= 0.3 is 5.97 Å². The molecule has 114 valence electrons. The SMILES string of the molecule is COC(=O)C1[C@H]2c3c(c4ccccc4n3C)C(=O)[C@@H]1ON2C. The van der Waals surface area contributed by atoms with E-state index in [2.05, 4.69) is 0 Å². The summed E-state index contributed by atoms with van der Waals surface area (Å²) in [5.74, 6) is -1.19. The molecule has 2 aliphatic rings. The molecule has 6 nitrogen and oxygen atoms in total. The zero-order chi connectivity index (χ0) is 15.6. The third-order valence-corrected chi connectivity index (χ3v) is 4.75. The van der Waals surface area contributed by atoms with E-state index in [1.165, 1.54) is 7.11 Å². The number of fused-ring (bicyclic) bond motifs is 6. The summed E-state index contributed by atoms with van der Waals surface area (Å²) in [6.07, 6.45) is -0.805. The number of esters is 1. The van der Waals surface area contributed by atoms with Crippen LogP contribution in [0, 0.1) is 5.92 Å². The number of carbonyl (C=O) groups is 2. The van der Waals surface area contributed by atoms with Gasteiger partial charge in [-0.25, -0.2) is 0 Å². The Morgan fingerprint density at radius 2 is 2.00 bits per heavy atom. The second kappa shape index (κ2) is 4.41. The number of hydrogen-bond donors (Lipinski definition) is 0. The highest BCUT2D eigenvalue weighted by atomic mass is 16.7. The third-order valence-electron chi connectivity index (χ3n) is 4.75. The summed E-state index contributed by atoms with van der Waals surface area (Å²) in [4.78, 5) is 30.7. The zero-order valence-corrected chi connectivity index (χ0v) is 12.6. The van der Waals surface area contributed by atoms with Gasteiger partial charge in [0.2, 0.25) is 0 Å². The van der Waals surface area contributed by atoms with Crippen molar-refractivity contribution < 1.29 is 19.2 Å². The van der Waals surface area contributed by atoms with Gasteiger partial charge in [-0.05, 0) is 6.07 Å². The van der Waals surface area contributed by atoms with Gasteiger partial charge in [0, 0.05) is 25.0 Å². The van der Waals surface area contributed by atoms with Crippen LogP contribution >= 0.6 is 0 Å². The van der Waals surface area contributed by atoms with Crippen molar-refractivity contribution in [3.05, 3.63) is 35.5 Å². The smallest absolute Gasteiger partial charge is 0.314 e. The highest BCUT2D eigenvalue weighted by molar-refractivity contribution is 6.14. The van der Waals surface area contributed by atoms with Crippen LogP contribution < -0.4 is 0 Å². The molecule has 2 heterocycles. The Bertz CT molecular complexity index is 810. The summed E-state index contributed by atoms with van der Waals surface area (Å²) in [7, 11) is 5.00. The van der Waals surface area contributed by atoms with E-state index in [4.69, 9.17) is 9.57 Å². The lowest BCUT2D eigenvalue weighted by Crippen LogP contribution is -2.40. The monoisotopic (exact) mass is 300 g/mol. The van der Waals surface area contributed by atoms with Crippen molar-refractivity contribution in [1.82, 2.24) is 9.63 Å². The van der Waals surface area contributed by atoms with Crippen LogP contribution in [-0.4, -0.2) is 41.6 Å². The lowest BCUT2D eigenvalue weighted by molar-refractivity contribution is -0.147. The Kier molecular flexibility index (Phi) is 2.70. The highest BCUT2D eigenvalue weighted by Gasteiger charge is 2.57. The number of benzene rings is 1. The van der Waals surface area contributed by atoms with Gasteiger partial charge in [0.25, 0.3) is 0 Å². The molecule has 0 spiro atoms. The fourth-order valence-corrected chi connectivity index (χ4v) is 3.80. The number of methoxy groups -OCH3 is 1. The number of Topliss-reactive ketones (excluding diaryl/α,β-unsaturated/α-hetero) is 1. The molecule has 1 aromatic carbocycles. The predicted molar refractivity (Wildman–Crippen MR) is 78.1 cm³/mol. The number of ether oxygens (including phenoxy) is 1. The molecule has 2 bridgehead atoms. The first-order chi connectivity index (χ1) is 10.6. The number of ketones is 1. The van der Waals surface area contributed by atoms with Crippen molar-refractivity contribution in [3.63, 3.8) is 0 Å². The van der Waals surface area contributed by atoms with Gasteiger partial charge in [0.15, 0.2) is 11.9 Å². The van der Waals surface area contributed by atoms with Crippen LogP contribution in [0.15, 0.2) is 24.3 Å². The van der Waals surface area contributed by atoms with Crippen LogP contribution in [0.4, 0.5) is 0 Å². The fourth-order valence-electron chi connectivity index (χ4n) is 3.80. The number of hydrogen-bond acceptors (Lipinski definition) is 5. The lowest BCUT2D eigenvalue weighted by atomic mass is 9.80. The Morgan fingerprint density at radius 3 is 2.73 bits per heavy atom. The first kappa shape index (κ1) is 13.5. The molecule has 0 amide bonds. The average molecular weight is 300 g/mol. The molecule has 1 unspecified atom stereocenters. The Hall–Kier alpha value is -2.18. The standard InChI is InChI=1S/C16H16N2O4/c1-17-9-7-5-4-6-8(9)10-12(17)13-11(16(20)21-3)15(14(10)19)22-18(13)2/h4-7,11,13,15H,1-3H3/t11?,13-,15+/m0/s1. The van der Waals surface area contributed by atoms with E-state index in [1.807, 2.05) is 35.9 Å². The molecule has 1 aliphatic carbocycles. The van der Waals surface area contributed by atoms with Gasteiger partial charge < -0.3 is 9.30 Å². The minimum absolute atomic E-state index is 0.150. The highest BCUT2D eigenvalue weighted by Crippen LogP contribution is 2.48. The summed E-state index contributed by atoms with van der Waals surface area (Å²) in [5, 5.41) is 2.51. The van der Waals surface area contributed by atoms with E-state index in [1.54, 1.807) is 12.1 Å². The molecule has 1 fully saturated rings. The van der Waals surface area contributed by atoms with E-state index >= 15 is 0 Å². The average Bonchev–Trinajstić information content (AvgIpc) is 2.98. The van der Waals surface area contributed by atoms with Crippen molar-refractivity contribution in [2.45, 2.75) is 12.1 Å². The first-order valence-corrected chi connectivity index (χ1v) is 7.15. The van der Waals surface area contributed by atoms with Crippen molar-refractivity contribution >= 4 is 22.7 Å². The summed E-state index contributed by atoms with van der Waals surface area (Å²) < 4.78 is 6.87. The van der Waals surface area contributed by atoms with Gasteiger partial charge in [-0.1, -0.05) is 18.2 Å². The molecule has 6 heteroatoms. The Morgan fingerprint density at radius 1 is 1.27 bits per heavy atom. The van der Waals surface area contributed by atoms with Crippen LogP contribution in [0.3, 0.4) is 0 Å². The minimum atomic E-state index is -0.805. The van der Waals surface area contributed by atoms with E-state index in [0.29, 0.717) is 5.56 Å². The van der Waals surface area contributed by atoms with Crippen molar-refractivity contribution in [2.75, 3.05) is 14.2 Å². The Balaban J connectivity index is 2.03. The minimum Gasteiger partial charge on any atom is -0.469 e. The molecular weight excluding hydrogens is 284 g/mol. The summed E-state index contributed by atoms with van der Waals surface area (Å²) >= 11 is 0. The molecular formula is C16H16N2O4. The van der Waals surface area contributed by atoms with Gasteiger partial charge in [-0.3, -0.25) is 14.4 Å². The molecule has 2 aromatic rings. The maximum atomic E-state index is 12.9. The van der Waals surface area contributed by atoms with Gasteiger partial charge in [0.05, 0.1) is 24.4 Å². The van der Waals surface area contributed by atoms with Crippen LogP contribution in [0.2, 0.25) is 0 Å². The number of hydroxylamine groups is 2. The second-order valence-corrected chi connectivity index (χ2v) is 5.77. The number of para-hydroxylation sites is 1. The summed E-state index contributed by atoms with van der Waals surface area (Å²) in [6.45, 7) is 0. The van der Waals surface area contributed by atoms with Crippen molar-refractivity contribution in [3.8, 4) is 0 Å². The lowest BCUT2D eigenvalue weighted by Gasteiger charge is -2.26. The van der Waals surface area contributed by atoms with E-state index in [-0.39, 0.29) is 11.8 Å². The number of rotatable bonds is 1. The molecule has 1 aromatic heterocycles. The molecule has 0 N–H and O–H groups in total. The van der Waals surface area contributed by atoms with E-state index in [9.17, 15) is 9.59 Å². The number of aryl methyl sites for hydroxylation is 1. The van der Waals surface area contributed by atoms with Gasteiger partial charge in [-0.2, -0.15) is 5.06 Å². The first-order valence-electron chi connectivity index (χ1n) is 7.15. The van der Waals surface area contributed by atoms with Crippen LogP contribution in [0.5, 0.6) is 0 Å². The molecule has 0 radical (unpaired) electrons. The summed E-state index contributed by atoms with van der Waals surface area (Å²) in [6, 6.07) is 7.44. The predicted octanol–water partition coefficient (Wildman–Crippen LogP) is 1.45. The number of nitrogens with zero attached hydrogens (tertiary/aromatic N) is 2. The van der Waals surface area contributed by atoms with Gasteiger partial charge in [0.1, 0.15) is 5.92 Å². The zero-order valence-electron chi connectivity index (χ0n) is 12.6. The molecule has 0 saturated carbocycles. The Labute approximate surface area is 127 Å². The topological polar surface area (TPSA) is 60.8 Å². The quantitative estimate of drug-likeness (QED) is 0.746. The molecule has 4 rings (SSSR count). The maximum absolute atomic E-state index is 12.9. The maximum Gasteiger partial charge on any atom is 0.314 e. The number of aromatic nitrogens is 1. The van der Waals surface area contributed by atoms with Crippen LogP contribution in [-0.2, 0) is 21.4 Å². The van der Waals surface area contributed by atoms with Crippen molar-refractivity contribution in [2.24, 2.45) is 13.0 Å². The molecule has 22 heavy (non-hydrogen) atoms. The fraction of sp³-hybridized carbons (Fsp3) is 0.375. The van der Waals surface area contributed by atoms with Crippen LogP contribution in [0.1, 0.15) is 22.1 Å². The van der Waals surface area contributed by atoms with E-state index < -0.39 is 18.0 Å². The normalized spacial score (nSPS) is 27.2. The van der Waals surface area contributed by atoms with Gasteiger partial charge in [-0.15, -0.1) is 0 Å². The second-order valence-electron chi connectivity index (χ2n) is 5.77. The van der Waals surface area contributed by atoms with Crippen molar-refractivity contribution in [1.29, 1.82) is 0 Å². The largest absolute Gasteiger partial charge is 0.469 e. The molecule has 1 saturated heterocycles. The summed E-state index contributed by atoms with van der Waals surface area (Å²) in [5.41, 5.74) is 2.46.